The summed E-state index contributed by atoms with van der Waals surface area (Å²) in [6.07, 6.45) is 3.66. The van der Waals surface area contributed by atoms with E-state index in [0.717, 1.165) is 42.5 Å². The fourth-order valence-corrected chi connectivity index (χ4v) is 3.20. The van der Waals surface area contributed by atoms with Crippen molar-refractivity contribution in [3.8, 4) is 17.2 Å². The molecule has 0 spiro atoms. The topological polar surface area (TPSA) is 76.8 Å². The zero-order chi connectivity index (χ0) is 18.8. The van der Waals surface area contributed by atoms with Crippen LogP contribution in [0.5, 0.6) is 0 Å². The van der Waals surface area contributed by atoms with Gasteiger partial charge in [0.15, 0.2) is 5.82 Å². The van der Waals surface area contributed by atoms with Gasteiger partial charge in [0, 0.05) is 43.3 Å². The quantitative estimate of drug-likeness (QED) is 0.690. The Morgan fingerprint density at radius 2 is 2.18 bits per heavy atom. The standard InChI is InChI=1S/C20H24N6O.ClH/c1-14(2)12-23-20(27)15-4-3-5-16(10-15)25-8-7-22-19(25)18-11-17-13-21-6-9-26(17)24-18;/h3-5,7-8,10-11,14,21H,6,9,12-13H2,1-2H3,(H,23,27);1H. The van der Waals surface area contributed by atoms with E-state index in [-0.39, 0.29) is 18.3 Å². The third kappa shape index (κ3) is 4.10. The van der Waals surface area contributed by atoms with Crippen LogP contribution >= 0.6 is 12.4 Å². The highest BCUT2D eigenvalue weighted by Crippen LogP contribution is 2.23. The Morgan fingerprint density at radius 3 is 2.96 bits per heavy atom. The van der Waals surface area contributed by atoms with Gasteiger partial charge < -0.3 is 10.6 Å². The summed E-state index contributed by atoms with van der Waals surface area (Å²) in [5.41, 5.74) is 3.53. The molecule has 0 bridgehead atoms. The molecule has 0 aliphatic carbocycles. The Bertz CT molecular complexity index is 938. The van der Waals surface area contributed by atoms with Gasteiger partial charge in [0.25, 0.3) is 5.91 Å². The average Bonchev–Trinajstić information content (AvgIpc) is 3.32. The lowest BCUT2D eigenvalue weighted by atomic mass is 10.1. The molecule has 0 radical (unpaired) electrons. The van der Waals surface area contributed by atoms with Gasteiger partial charge in [-0.2, -0.15) is 5.10 Å². The summed E-state index contributed by atoms with van der Waals surface area (Å²) in [7, 11) is 0. The van der Waals surface area contributed by atoms with Gasteiger partial charge >= 0.3 is 0 Å². The molecule has 0 saturated heterocycles. The minimum atomic E-state index is -0.0595. The molecule has 3 aromatic rings. The number of rotatable bonds is 5. The summed E-state index contributed by atoms with van der Waals surface area (Å²) in [6, 6.07) is 9.66. The Balaban J connectivity index is 0.00000225. The maximum absolute atomic E-state index is 12.4. The summed E-state index contributed by atoms with van der Waals surface area (Å²) in [5.74, 6) is 1.13. The fraction of sp³-hybridized carbons (Fsp3) is 0.350. The Hall–Kier alpha value is -2.64. The predicted molar refractivity (Wildman–Crippen MR) is 111 cm³/mol. The zero-order valence-corrected chi connectivity index (χ0v) is 16.9. The van der Waals surface area contributed by atoms with Gasteiger partial charge in [-0.05, 0) is 30.2 Å². The number of benzene rings is 1. The van der Waals surface area contributed by atoms with Crippen molar-refractivity contribution >= 4 is 18.3 Å². The van der Waals surface area contributed by atoms with Crippen LogP contribution in [0.1, 0.15) is 29.9 Å². The van der Waals surface area contributed by atoms with Gasteiger partial charge in [-0.1, -0.05) is 19.9 Å². The molecular weight excluding hydrogens is 376 g/mol. The highest BCUT2D eigenvalue weighted by atomic mass is 35.5. The first-order chi connectivity index (χ1) is 13.1. The van der Waals surface area contributed by atoms with Crippen LogP contribution in [0.3, 0.4) is 0 Å². The van der Waals surface area contributed by atoms with Gasteiger partial charge in [0.2, 0.25) is 0 Å². The van der Waals surface area contributed by atoms with Crippen molar-refractivity contribution < 1.29 is 4.79 Å². The van der Waals surface area contributed by atoms with Crippen molar-refractivity contribution in [3.05, 3.63) is 54.0 Å². The van der Waals surface area contributed by atoms with Crippen molar-refractivity contribution in [2.75, 3.05) is 13.1 Å². The number of halogens is 1. The third-order valence-corrected chi connectivity index (χ3v) is 4.60. The zero-order valence-electron chi connectivity index (χ0n) is 16.1. The monoisotopic (exact) mass is 400 g/mol. The number of hydrogen-bond acceptors (Lipinski definition) is 4. The van der Waals surface area contributed by atoms with Crippen LogP contribution in [0.2, 0.25) is 0 Å². The maximum atomic E-state index is 12.4. The molecule has 1 amide bonds. The summed E-state index contributed by atoms with van der Waals surface area (Å²) in [6.45, 7) is 7.42. The lowest BCUT2D eigenvalue weighted by Gasteiger charge is -2.13. The Morgan fingerprint density at radius 1 is 1.32 bits per heavy atom. The summed E-state index contributed by atoms with van der Waals surface area (Å²) < 4.78 is 4.00. The van der Waals surface area contributed by atoms with Crippen LogP contribution in [0, 0.1) is 5.92 Å². The van der Waals surface area contributed by atoms with Gasteiger partial charge in [-0.15, -0.1) is 12.4 Å². The minimum absolute atomic E-state index is 0. The first-order valence-corrected chi connectivity index (χ1v) is 9.31. The average molecular weight is 401 g/mol. The molecule has 8 heteroatoms. The molecule has 148 valence electrons. The second-order valence-corrected chi connectivity index (χ2v) is 7.20. The number of nitrogens with zero attached hydrogens (tertiary/aromatic N) is 4. The van der Waals surface area contributed by atoms with Crippen molar-refractivity contribution in [1.29, 1.82) is 0 Å². The van der Waals surface area contributed by atoms with Crippen molar-refractivity contribution in [3.63, 3.8) is 0 Å². The van der Waals surface area contributed by atoms with E-state index in [9.17, 15) is 4.79 Å². The largest absolute Gasteiger partial charge is 0.352 e. The fourth-order valence-electron chi connectivity index (χ4n) is 3.20. The summed E-state index contributed by atoms with van der Waals surface area (Å²) in [4.78, 5) is 16.9. The van der Waals surface area contributed by atoms with E-state index in [0.29, 0.717) is 18.0 Å². The van der Waals surface area contributed by atoms with E-state index >= 15 is 0 Å². The van der Waals surface area contributed by atoms with E-state index in [1.54, 1.807) is 6.20 Å². The highest BCUT2D eigenvalue weighted by molar-refractivity contribution is 5.94. The number of aromatic nitrogens is 4. The van der Waals surface area contributed by atoms with Crippen molar-refractivity contribution in [2.24, 2.45) is 5.92 Å². The molecule has 4 rings (SSSR count). The van der Waals surface area contributed by atoms with E-state index in [2.05, 4.69) is 35.5 Å². The molecule has 7 nitrogen and oxygen atoms in total. The third-order valence-electron chi connectivity index (χ3n) is 4.60. The molecule has 2 N–H and O–H groups in total. The van der Waals surface area contributed by atoms with Crippen molar-refractivity contribution in [2.45, 2.75) is 26.9 Å². The molecule has 1 aliphatic rings. The summed E-state index contributed by atoms with van der Waals surface area (Å²) in [5, 5.41) is 11.0. The number of imidazole rings is 1. The Labute approximate surface area is 170 Å². The first kappa shape index (κ1) is 20.1. The van der Waals surface area contributed by atoms with E-state index in [1.165, 1.54) is 0 Å². The van der Waals surface area contributed by atoms with E-state index in [4.69, 9.17) is 5.10 Å². The van der Waals surface area contributed by atoms with Crippen LogP contribution in [0.25, 0.3) is 17.2 Å². The molecule has 0 saturated carbocycles. The van der Waals surface area contributed by atoms with E-state index in [1.807, 2.05) is 39.7 Å². The predicted octanol–water partition coefficient (Wildman–Crippen LogP) is 2.65. The molecule has 0 fully saturated rings. The molecule has 2 aromatic heterocycles. The van der Waals surface area contributed by atoms with Crippen molar-refractivity contribution in [1.82, 2.24) is 30.0 Å². The normalized spacial score (nSPS) is 13.1. The number of carbonyl (C=O) groups excluding carboxylic acids is 1. The summed E-state index contributed by atoms with van der Waals surface area (Å²) >= 11 is 0. The minimum Gasteiger partial charge on any atom is -0.352 e. The number of hydrogen-bond donors (Lipinski definition) is 2. The van der Waals surface area contributed by atoms with Gasteiger partial charge in [-0.25, -0.2) is 4.98 Å². The molecule has 3 heterocycles. The van der Waals surface area contributed by atoms with Crippen LogP contribution in [0.4, 0.5) is 0 Å². The van der Waals surface area contributed by atoms with Crippen LogP contribution in [-0.2, 0) is 13.1 Å². The van der Waals surface area contributed by atoms with Gasteiger partial charge in [0.1, 0.15) is 5.69 Å². The molecular formula is C20H25ClN6O. The van der Waals surface area contributed by atoms with Crippen LogP contribution in [0.15, 0.2) is 42.7 Å². The second kappa shape index (κ2) is 8.58. The molecule has 0 atom stereocenters. The number of amides is 1. The lowest BCUT2D eigenvalue weighted by Crippen LogP contribution is -2.28. The van der Waals surface area contributed by atoms with E-state index < -0.39 is 0 Å². The first-order valence-electron chi connectivity index (χ1n) is 9.31. The smallest absolute Gasteiger partial charge is 0.251 e. The maximum Gasteiger partial charge on any atom is 0.251 e. The number of carbonyl (C=O) groups is 1. The van der Waals surface area contributed by atoms with Crippen LogP contribution < -0.4 is 10.6 Å². The molecule has 1 aliphatic heterocycles. The lowest BCUT2D eigenvalue weighted by molar-refractivity contribution is 0.0949. The second-order valence-electron chi connectivity index (χ2n) is 7.20. The number of nitrogens with one attached hydrogen (secondary N) is 2. The Kier molecular flexibility index (Phi) is 6.16. The number of fused-ring (bicyclic) bond motifs is 1. The molecule has 1 aromatic carbocycles. The SMILES string of the molecule is CC(C)CNC(=O)c1cccc(-n2ccnc2-c2cc3n(n2)CCNC3)c1.Cl. The molecule has 28 heavy (non-hydrogen) atoms. The van der Waals surface area contributed by atoms with Gasteiger partial charge in [0.05, 0.1) is 12.2 Å². The highest BCUT2D eigenvalue weighted by Gasteiger charge is 2.17. The van der Waals surface area contributed by atoms with Gasteiger partial charge in [-0.3, -0.25) is 14.0 Å². The van der Waals surface area contributed by atoms with Crippen LogP contribution in [-0.4, -0.2) is 38.3 Å². The molecule has 0 unspecified atom stereocenters.